The van der Waals surface area contributed by atoms with Gasteiger partial charge in [-0.2, -0.15) is 13.2 Å². The monoisotopic (exact) mass is 492 g/mol. The fourth-order valence-corrected chi connectivity index (χ4v) is 4.74. The zero-order chi connectivity index (χ0) is 24.9. The topological polar surface area (TPSA) is 75.7 Å². The fourth-order valence-electron chi connectivity index (χ4n) is 3.22. The van der Waals surface area contributed by atoms with Crippen LogP contribution in [0.2, 0.25) is 0 Å². The quantitative estimate of drug-likeness (QED) is 0.457. The summed E-state index contributed by atoms with van der Waals surface area (Å²) < 4.78 is 70.3. The molecule has 3 rings (SSSR count). The Morgan fingerprint density at radius 1 is 1.00 bits per heavy atom. The van der Waals surface area contributed by atoms with E-state index in [2.05, 4.69) is 5.32 Å². The predicted octanol–water partition coefficient (Wildman–Crippen LogP) is 5.40. The molecule has 0 radical (unpaired) electrons. The number of halogens is 3. The van der Waals surface area contributed by atoms with E-state index >= 15 is 0 Å². The molecule has 0 spiro atoms. The first-order chi connectivity index (χ1) is 16.0. The highest BCUT2D eigenvalue weighted by Crippen LogP contribution is 2.29. The van der Waals surface area contributed by atoms with E-state index < -0.39 is 28.7 Å². The molecule has 0 aliphatic rings. The number of alkyl halides is 3. The molecule has 0 unspecified atom stereocenters. The minimum Gasteiger partial charge on any atom is -0.482 e. The number of ether oxygens (including phenoxy) is 1. The zero-order valence-corrected chi connectivity index (χ0v) is 19.3. The number of aryl methyl sites for hydroxylation is 1. The second-order valence-electron chi connectivity index (χ2n) is 7.39. The van der Waals surface area contributed by atoms with Crippen LogP contribution in [-0.4, -0.2) is 33.7 Å². The third kappa shape index (κ3) is 6.07. The minimum absolute atomic E-state index is 0.0209. The summed E-state index contributed by atoms with van der Waals surface area (Å²) in [7, 11) is -3.97. The van der Waals surface area contributed by atoms with Crippen LogP contribution in [0.4, 0.5) is 24.5 Å². The number of nitrogens with one attached hydrogen (secondary N) is 1. The number of amides is 1. The summed E-state index contributed by atoms with van der Waals surface area (Å²) >= 11 is 0. The van der Waals surface area contributed by atoms with Crippen molar-refractivity contribution in [3.05, 3.63) is 83.9 Å². The highest BCUT2D eigenvalue weighted by atomic mass is 32.2. The van der Waals surface area contributed by atoms with Gasteiger partial charge in [0.1, 0.15) is 5.75 Å². The van der Waals surface area contributed by atoms with Crippen molar-refractivity contribution >= 4 is 27.3 Å². The number of sulfonamides is 1. The molecule has 0 aliphatic heterocycles. The number of nitrogens with zero attached hydrogens (tertiary/aromatic N) is 1. The highest BCUT2D eigenvalue weighted by Gasteiger charge is 2.29. The van der Waals surface area contributed by atoms with Crippen LogP contribution in [0.5, 0.6) is 5.75 Å². The van der Waals surface area contributed by atoms with Crippen molar-refractivity contribution in [3.8, 4) is 5.75 Å². The number of hydrogen-bond acceptors (Lipinski definition) is 4. The molecule has 34 heavy (non-hydrogen) atoms. The van der Waals surface area contributed by atoms with Crippen molar-refractivity contribution in [2.75, 3.05) is 22.8 Å². The average molecular weight is 493 g/mol. The van der Waals surface area contributed by atoms with Gasteiger partial charge in [-0.25, -0.2) is 8.42 Å². The van der Waals surface area contributed by atoms with Gasteiger partial charge in [-0.3, -0.25) is 9.10 Å². The van der Waals surface area contributed by atoms with Gasteiger partial charge in [0.05, 0.1) is 16.3 Å². The molecule has 0 bridgehead atoms. The van der Waals surface area contributed by atoms with E-state index in [9.17, 15) is 26.4 Å². The van der Waals surface area contributed by atoms with Gasteiger partial charge in [0.25, 0.3) is 15.9 Å². The highest BCUT2D eigenvalue weighted by molar-refractivity contribution is 7.92. The zero-order valence-electron chi connectivity index (χ0n) is 18.5. The molecule has 180 valence electrons. The molecule has 0 heterocycles. The van der Waals surface area contributed by atoms with Crippen LogP contribution in [0, 0.1) is 6.92 Å². The maximum atomic E-state index is 13.2. The van der Waals surface area contributed by atoms with Gasteiger partial charge < -0.3 is 10.1 Å². The molecule has 0 aromatic heterocycles. The van der Waals surface area contributed by atoms with Crippen molar-refractivity contribution in [3.63, 3.8) is 0 Å². The number of carbonyl (C=O) groups is 1. The van der Waals surface area contributed by atoms with Crippen molar-refractivity contribution in [2.24, 2.45) is 0 Å². The fraction of sp³-hybridized carbons (Fsp3) is 0.208. The Morgan fingerprint density at radius 3 is 2.35 bits per heavy atom. The van der Waals surface area contributed by atoms with Crippen LogP contribution in [0.3, 0.4) is 0 Å². The van der Waals surface area contributed by atoms with Gasteiger partial charge in [0, 0.05) is 12.1 Å². The predicted molar refractivity (Wildman–Crippen MR) is 124 cm³/mol. The molecule has 1 N–H and O–H groups in total. The molecule has 0 fully saturated rings. The molecule has 1 amide bonds. The first kappa shape index (κ1) is 25.1. The van der Waals surface area contributed by atoms with Crippen molar-refractivity contribution < 1.29 is 31.1 Å². The lowest BCUT2D eigenvalue weighted by atomic mass is 10.2. The summed E-state index contributed by atoms with van der Waals surface area (Å²) in [5.41, 5.74) is 1.18. The third-order valence-electron chi connectivity index (χ3n) is 4.79. The first-order valence-electron chi connectivity index (χ1n) is 10.3. The van der Waals surface area contributed by atoms with Crippen LogP contribution in [-0.2, 0) is 10.0 Å². The van der Waals surface area contributed by atoms with E-state index in [1.54, 1.807) is 50.2 Å². The number of carbonyl (C=O) groups excluding carboxylic acids is 1. The maximum Gasteiger partial charge on any atom is 0.422 e. The SMILES string of the molecule is CCN(c1ccccc1)S(=O)(=O)c1cccc(C(=O)Nc2ccc(C)cc2OCC(F)(F)F)c1. The standard InChI is InChI=1S/C24H23F3N2O4S/c1-3-29(19-9-5-4-6-10-19)34(31,32)20-11-7-8-18(15-20)23(30)28-21-13-12-17(2)14-22(21)33-16-24(25,26)27/h4-15H,3,16H2,1-2H3,(H,28,30). The summed E-state index contributed by atoms with van der Waals surface area (Å²) in [6, 6.07) is 18.4. The molecule has 0 aliphatic carbocycles. The van der Waals surface area contributed by atoms with Crippen molar-refractivity contribution in [1.82, 2.24) is 0 Å². The molecule has 0 atom stereocenters. The first-order valence-corrected chi connectivity index (χ1v) is 11.7. The van der Waals surface area contributed by atoms with Gasteiger partial charge in [0.15, 0.2) is 6.61 Å². The number of hydrogen-bond donors (Lipinski definition) is 1. The summed E-state index contributed by atoms with van der Waals surface area (Å²) in [6.07, 6.45) is -4.54. The van der Waals surface area contributed by atoms with Gasteiger partial charge >= 0.3 is 6.18 Å². The van der Waals surface area contributed by atoms with E-state index in [1.165, 1.54) is 40.7 Å². The molecule has 3 aromatic carbocycles. The third-order valence-corrected chi connectivity index (χ3v) is 6.69. The van der Waals surface area contributed by atoms with Crippen LogP contribution >= 0.6 is 0 Å². The van der Waals surface area contributed by atoms with Crippen molar-refractivity contribution in [2.45, 2.75) is 24.9 Å². The number of anilines is 2. The van der Waals surface area contributed by atoms with Gasteiger partial charge in [-0.1, -0.05) is 30.3 Å². The van der Waals surface area contributed by atoms with Crippen LogP contribution in [0.15, 0.2) is 77.7 Å². The maximum absolute atomic E-state index is 13.2. The molecular weight excluding hydrogens is 469 g/mol. The van der Waals surface area contributed by atoms with Gasteiger partial charge in [0.2, 0.25) is 0 Å². The lowest BCUT2D eigenvalue weighted by Gasteiger charge is -2.23. The summed E-state index contributed by atoms with van der Waals surface area (Å²) in [6.45, 7) is 2.03. The molecule has 3 aromatic rings. The molecule has 0 saturated carbocycles. The normalized spacial score (nSPS) is 11.7. The lowest BCUT2D eigenvalue weighted by Crippen LogP contribution is -2.31. The van der Waals surface area contributed by atoms with E-state index in [0.29, 0.717) is 11.3 Å². The van der Waals surface area contributed by atoms with Crippen molar-refractivity contribution in [1.29, 1.82) is 0 Å². The Balaban J connectivity index is 1.87. The Bertz CT molecular complexity index is 1260. The van der Waals surface area contributed by atoms with E-state index in [0.717, 1.165) is 0 Å². The summed E-state index contributed by atoms with van der Waals surface area (Å²) in [5.74, 6) is -0.837. The Kier molecular flexibility index (Phi) is 7.51. The Hall–Kier alpha value is -3.53. The Labute approximate surface area is 196 Å². The molecule has 0 saturated heterocycles. The van der Waals surface area contributed by atoms with Crippen LogP contribution in [0.25, 0.3) is 0 Å². The second-order valence-corrected chi connectivity index (χ2v) is 9.25. The van der Waals surface area contributed by atoms with E-state index in [4.69, 9.17) is 4.74 Å². The van der Waals surface area contributed by atoms with Crippen LogP contribution in [0.1, 0.15) is 22.8 Å². The molecule has 10 heteroatoms. The van der Waals surface area contributed by atoms with Gasteiger partial charge in [-0.15, -0.1) is 0 Å². The average Bonchev–Trinajstić information content (AvgIpc) is 2.79. The lowest BCUT2D eigenvalue weighted by molar-refractivity contribution is -0.153. The second kappa shape index (κ2) is 10.2. The van der Waals surface area contributed by atoms with Crippen LogP contribution < -0.4 is 14.4 Å². The smallest absolute Gasteiger partial charge is 0.422 e. The van der Waals surface area contributed by atoms with Gasteiger partial charge in [-0.05, 0) is 61.9 Å². The number of benzene rings is 3. The van der Waals surface area contributed by atoms with E-state index in [-0.39, 0.29) is 28.4 Å². The number of para-hydroxylation sites is 1. The largest absolute Gasteiger partial charge is 0.482 e. The summed E-state index contributed by atoms with van der Waals surface area (Å²) in [4.78, 5) is 12.7. The van der Waals surface area contributed by atoms with E-state index in [1.807, 2.05) is 0 Å². The molecular formula is C24H23F3N2O4S. The molecule has 6 nitrogen and oxygen atoms in total. The number of rotatable bonds is 8. The summed E-state index contributed by atoms with van der Waals surface area (Å²) in [5, 5.41) is 2.50. The minimum atomic E-state index is -4.54. The Morgan fingerprint density at radius 2 is 1.71 bits per heavy atom.